The third kappa shape index (κ3) is 3.52. The average molecular weight is 304 g/mol. The van der Waals surface area contributed by atoms with Crippen molar-refractivity contribution in [1.29, 1.82) is 0 Å². The van der Waals surface area contributed by atoms with Crippen molar-refractivity contribution in [1.82, 2.24) is 9.88 Å². The van der Waals surface area contributed by atoms with Crippen LogP contribution in [0.25, 0.3) is 0 Å². The second-order valence-electron chi connectivity index (χ2n) is 4.86. The lowest BCUT2D eigenvalue weighted by Crippen LogP contribution is -2.27. The third-order valence-corrected chi connectivity index (χ3v) is 3.63. The molecular formula is C16H18ClN3O. The van der Waals surface area contributed by atoms with Crippen LogP contribution in [-0.4, -0.2) is 29.9 Å². The first-order valence-electron chi connectivity index (χ1n) is 6.67. The van der Waals surface area contributed by atoms with Crippen LogP contribution >= 0.6 is 11.6 Å². The second-order valence-corrected chi connectivity index (χ2v) is 5.27. The Hall–Kier alpha value is -2.07. The van der Waals surface area contributed by atoms with E-state index in [2.05, 4.69) is 10.3 Å². The minimum absolute atomic E-state index is 0.194. The Morgan fingerprint density at radius 2 is 2.00 bits per heavy atom. The lowest BCUT2D eigenvalue weighted by Gasteiger charge is -2.19. The van der Waals surface area contributed by atoms with Crippen LogP contribution < -0.4 is 5.32 Å². The first-order valence-corrected chi connectivity index (χ1v) is 7.05. The van der Waals surface area contributed by atoms with Crippen molar-refractivity contribution in [3.05, 3.63) is 58.2 Å². The Balaban J connectivity index is 2.22. The van der Waals surface area contributed by atoms with Gasteiger partial charge in [0.1, 0.15) is 11.5 Å². The van der Waals surface area contributed by atoms with Crippen LogP contribution in [-0.2, 0) is 6.54 Å². The molecule has 2 rings (SSSR count). The molecule has 1 aromatic carbocycles. The van der Waals surface area contributed by atoms with Crippen molar-refractivity contribution >= 4 is 23.3 Å². The van der Waals surface area contributed by atoms with Crippen molar-refractivity contribution in [2.75, 3.05) is 19.4 Å². The maximum Gasteiger partial charge on any atom is 0.274 e. The highest BCUT2D eigenvalue weighted by Gasteiger charge is 2.18. The summed E-state index contributed by atoms with van der Waals surface area (Å²) in [4.78, 5) is 18.4. The summed E-state index contributed by atoms with van der Waals surface area (Å²) in [7, 11) is 3.50. The number of hydrogen-bond donors (Lipinski definition) is 1. The summed E-state index contributed by atoms with van der Waals surface area (Å²) in [6.07, 6.45) is 0. The van der Waals surface area contributed by atoms with Gasteiger partial charge in [-0.2, -0.15) is 0 Å². The van der Waals surface area contributed by atoms with Crippen LogP contribution in [0.3, 0.4) is 0 Å². The van der Waals surface area contributed by atoms with Gasteiger partial charge in [0.2, 0.25) is 0 Å². The Morgan fingerprint density at radius 3 is 2.67 bits per heavy atom. The van der Waals surface area contributed by atoms with Gasteiger partial charge in [0, 0.05) is 20.6 Å². The number of carbonyl (C=O) groups is 1. The molecule has 5 heteroatoms. The molecule has 21 heavy (non-hydrogen) atoms. The lowest BCUT2D eigenvalue weighted by atomic mass is 10.1. The van der Waals surface area contributed by atoms with E-state index >= 15 is 0 Å². The van der Waals surface area contributed by atoms with E-state index in [4.69, 9.17) is 11.6 Å². The summed E-state index contributed by atoms with van der Waals surface area (Å²) in [5, 5.41) is 3.26. The molecule has 1 heterocycles. The minimum atomic E-state index is -0.194. The van der Waals surface area contributed by atoms with Crippen molar-refractivity contribution in [2.24, 2.45) is 0 Å². The predicted molar refractivity (Wildman–Crippen MR) is 85.8 cm³/mol. The first-order chi connectivity index (χ1) is 10.0. The zero-order chi connectivity index (χ0) is 15.4. The highest BCUT2D eigenvalue weighted by molar-refractivity contribution is 6.33. The highest BCUT2D eigenvalue weighted by Crippen LogP contribution is 2.19. The Morgan fingerprint density at radius 1 is 1.29 bits per heavy atom. The van der Waals surface area contributed by atoms with Gasteiger partial charge in [-0.3, -0.25) is 4.79 Å². The average Bonchev–Trinajstić information content (AvgIpc) is 2.49. The molecular weight excluding hydrogens is 286 g/mol. The quantitative estimate of drug-likeness (QED) is 0.942. The van der Waals surface area contributed by atoms with Gasteiger partial charge in [-0.15, -0.1) is 0 Å². The molecule has 4 nitrogen and oxygen atoms in total. The summed E-state index contributed by atoms with van der Waals surface area (Å²) in [6.45, 7) is 2.55. The third-order valence-electron chi connectivity index (χ3n) is 3.32. The molecule has 1 amide bonds. The highest BCUT2D eigenvalue weighted by atomic mass is 35.5. The number of carbonyl (C=O) groups excluding carboxylic acids is 1. The van der Waals surface area contributed by atoms with E-state index in [-0.39, 0.29) is 11.6 Å². The van der Waals surface area contributed by atoms with E-state index in [1.807, 2.05) is 31.2 Å². The van der Waals surface area contributed by atoms with Gasteiger partial charge in [-0.05, 0) is 30.2 Å². The number of aryl methyl sites for hydroxylation is 1. The van der Waals surface area contributed by atoms with Crippen LogP contribution in [0.5, 0.6) is 0 Å². The van der Waals surface area contributed by atoms with Crippen molar-refractivity contribution < 1.29 is 4.79 Å². The molecule has 0 aliphatic heterocycles. The fourth-order valence-corrected chi connectivity index (χ4v) is 2.21. The molecule has 0 bridgehead atoms. The monoisotopic (exact) mass is 303 g/mol. The molecule has 0 unspecified atom stereocenters. The van der Waals surface area contributed by atoms with E-state index in [9.17, 15) is 4.79 Å². The molecule has 0 saturated heterocycles. The lowest BCUT2D eigenvalue weighted by molar-refractivity contribution is 0.0779. The fourth-order valence-electron chi connectivity index (χ4n) is 2.03. The molecule has 0 radical (unpaired) electrons. The van der Waals surface area contributed by atoms with Crippen molar-refractivity contribution in [2.45, 2.75) is 13.5 Å². The van der Waals surface area contributed by atoms with Crippen LogP contribution in [0.2, 0.25) is 5.02 Å². The number of rotatable bonds is 4. The van der Waals surface area contributed by atoms with Gasteiger partial charge < -0.3 is 10.2 Å². The Kier molecular flexibility index (Phi) is 4.81. The number of nitrogens with one attached hydrogen (secondary N) is 1. The summed E-state index contributed by atoms with van der Waals surface area (Å²) in [5.74, 6) is 0.424. The molecule has 0 aliphatic carbocycles. The normalized spacial score (nSPS) is 10.3. The standard InChI is InChI=1S/C16H18ClN3O/c1-11-6-4-5-7-12(11)10-20(3)16(21)15-13(17)8-9-14(18-2)19-15/h4-9H,10H2,1-3H3,(H,18,19). The van der Waals surface area contributed by atoms with Crippen LogP contribution in [0.15, 0.2) is 36.4 Å². The van der Waals surface area contributed by atoms with Crippen LogP contribution in [0.4, 0.5) is 5.82 Å². The number of nitrogens with zero attached hydrogens (tertiary/aromatic N) is 2. The maximum atomic E-state index is 12.5. The smallest absolute Gasteiger partial charge is 0.274 e. The van der Waals surface area contributed by atoms with Gasteiger partial charge in [-0.25, -0.2) is 4.98 Å². The molecule has 0 fully saturated rings. The van der Waals surface area contributed by atoms with E-state index in [1.165, 1.54) is 0 Å². The second kappa shape index (κ2) is 6.59. The van der Waals surface area contributed by atoms with E-state index in [0.29, 0.717) is 17.4 Å². The topological polar surface area (TPSA) is 45.2 Å². The van der Waals surface area contributed by atoms with Gasteiger partial charge in [0.05, 0.1) is 5.02 Å². The number of benzene rings is 1. The number of anilines is 1. The first kappa shape index (κ1) is 15.3. The molecule has 0 saturated carbocycles. The number of hydrogen-bond acceptors (Lipinski definition) is 3. The Labute approximate surface area is 129 Å². The number of pyridine rings is 1. The summed E-state index contributed by atoms with van der Waals surface area (Å²) in [5.41, 5.74) is 2.52. The Bertz CT molecular complexity index is 658. The maximum absolute atomic E-state index is 12.5. The number of halogens is 1. The molecule has 1 aromatic heterocycles. The summed E-state index contributed by atoms with van der Waals surface area (Å²) < 4.78 is 0. The summed E-state index contributed by atoms with van der Waals surface area (Å²) >= 11 is 6.09. The summed E-state index contributed by atoms with van der Waals surface area (Å²) in [6, 6.07) is 11.4. The zero-order valence-corrected chi connectivity index (χ0v) is 13.1. The van der Waals surface area contributed by atoms with E-state index in [1.54, 1.807) is 31.1 Å². The van der Waals surface area contributed by atoms with Gasteiger partial charge in [0.25, 0.3) is 5.91 Å². The number of amides is 1. The van der Waals surface area contributed by atoms with Crippen LogP contribution in [0, 0.1) is 6.92 Å². The fraction of sp³-hybridized carbons (Fsp3) is 0.250. The van der Waals surface area contributed by atoms with Crippen molar-refractivity contribution in [3.63, 3.8) is 0 Å². The van der Waals surface area contributed by atoms with E-state index < -0.39 is 0 Å². The van der Waals surface area contributed by atoms with Crippen molar-refractivity contribution in [3.8, 4) is 0 Å². The largest absolute Gasteiger partial charge is 0.373 e. The predicted octanol–water partition coefficient (Wildman–Crippen LogP) is 3.36. The van der Waals surface area contributed by atoms with Gasteiger partial charge in [-0.1, -0.05) is 35.9 Å². The molecule has 2 aromatic rings. The van der Waals surface area contributed by atoms with Gasteiger partial charge in [0.15, 0.2) is 0 Å². The molecule has 0 atom stereocenters. The van der Waals surface area contributed by atoms with Gasteiger partial charge >= 0.3 is 0 Å². The SMILES string of the molecule is CNc1ccc(Cl)c(C(=O)N(C)Cc2ccccc2C)n1. The van der Waals surface area contributed by atoms with Crippen LogP contribution in [0.1, 0.15) is 21.6 Å². The molecule has 110 valence electrons. The zero-order valence-electron chi connectivity index (χ0n) is 12.4. The number of aromatic nitrogens is 1. The molecule has 0 spiro atoms. The van der Waals surface area contributed by atoms with E-state index in [0.717, 1.165) is 11.1 Å². The molecule has 0 aliphatic rings. The molecule has 1 N–H and O–H groups in total. The minimum Gasteiger partial charge on any atom is -0.373 e.